The van der Waals surface area contributed by atoms with Crippen LogP contribution in [0.15, 0.2) is 18.2 Å². The fourth-order valence-corrected chi connectivity index (χ4v) is 3.26. The molecule has 0 unspecified atom stereocenters. The van der Waals surface area contributed by atoms with Crippen LogP contribution in [0.25, 0.3) is 0 Å². The summed E-state index contributed by atoms with van der Waals surface area (Å²) in [7, 11) is 3.14. The third-order valence-corrected chi connectivity index (χ3v) is 4.67. The minimum Gasteiger partial charge on any atom is -0.497 e. The van der Waals surface area contributed by atoms with Gasteiger partial charge in [0.15, 0.2) is 0 Å². The van der Waals surface area contributed by atoms with Gasteiger partial charge in [-0.05, 0) is 25.0 Å². The molecule has 1 aromatic rings. The normalized spacial score (nSPS) is 14.7. The van der Waals surface area contributed by atoms with Crippen molar-refractivity contribution in [1.82, 2.24) is 5.32 Å². The molecular formula is C19H28N2O4. The molecule has 0 aliphatic heterocycles. The van der Waals surface area contributed by atoms with E-state index in [-0.39, 0.29) is 17.7 Å². The Bertz CT molecular complexity index is 597. The van der Waals surface area contributed by atoms with Crippen LogP contribution in [-0.2, 0) is 9.59 Å². The zero-order chi connectivity index (χ0) is 18.2. The number of nitrogens with one attached hydrogen (secondary N) is 1. The quantitative estimate of drug-likeness (QED) is 0.823. The number of rotatable bonds is 7. The highest BCUT2D eigenvalue weighted by molar-refractivity contribution is 5.93. The molecule has 0 spiro atoms. The number of carbonyl (C=O) groups is 2. The van der Waals surface area contributed by atoms with Crippen LogP contribution >= 0.6 is 0 Å². The van der Waals surface area contributed by atoms with Crippen LogP contribution in [0.2, 0.25) is 0 Å². The zero-order valence-corrected chi connectivity index (χ0v) is 15.3. The number of carbonyl (C=O) groups excluding carboxylic acids is 2. The predicted octanol–water partition coefficient (Wildman–Crippen LogP) is 2.75. The molecule has 0 atom stereocenters. The molecule has 1 aliphatic rings. The van der Waals surface area contributed by atoms with E-state index in [2.05, 4.69) is 5.32 Å². The first-order chi connectivity index (χ1) is 12.1. The maximum Gasteiger partial charge on any atom is 0.224 e. The summed E-state index contributed by atoms with van der Waals surface area (Å²) in [5.74, 6) is 1.34. The smallest absolute Gasteiger partial charge is 0.224 e. The summed E-state index contributed by atoms with van der Waals surface area (Å²) in [6, 6.07) is 5.32. The molecule has 0 aromatic heterocycles. The Morgan fingerprint density at radius 2 is 1.88 bits per heavy atom. The standard InChI is InChI=1S/C19H28N2O4/c1-14(22)21(17-13-16(24-2)9-10-18(17)25-3)12-11-20-19(23)15-7-5-4-6-8-15/h9-10,13,15H,4-8,11-12H2,1-3H3,(H,20,23). The Kier molecular flexibility index (Phi) is 7.10. The van der Waals surface area contributed by atoms with E-state index in [1.54, 1.807) is 37.3 Å². The van der Waals surface area contributed by atoms with E-state index in [4.69, 9.17) is 9.47 Å². The molecule has 1 aliphatic carbocycles. The second-order valence-corrected chi connectivity index (χ2v) is 6.33. The summed E-state index contributed by atoms with van der Waals surface area (Å²) in [4.78, 5) is 26.0. The van der Waals surface area contributed by atoms with Crippen LogP contribution in [0.4, 0.5) is 5.69 Å². The first-order valence-corrected chi connectivity index (χ1v) is 8.84. The number of methoxy groups -OCH3 is 2. The highest BCUT2D eigenvalue weighted by atomic mass is 16.5. The minimum atomic E-state index is -0.113. The highest BCUT2D eigenvalue weighted by Crippen LogP contribution is 2.32. The molecule has 0 saturated heterocycles. The Labute approximate surface area is 149 Å². The lowest BCUT2D eigenvalue weighted by Gasteiger charge is -2.25. The second kappa shape index (κ2) is 9.30. The molecule has 0 heterocycles. The number of anilines is 1. The van der Waals surface area contributed by atoms with E-state index in [9.17, 15) is 9.59 Å². The van der Waals surface area contributed by atoms with Crippen molar-refractivity contribution in [3.05, 3.63) is 18.2 Å². The van der Waals surface area contributed by atoms with Gasteiger partial charge in [-0.15, -0.1) is 0 Å². The average Bonchev–Trinajstić information content (AvgIpc) is 2.65. The Balaban J connectivity index is 2.01. The number of amides is 2. The number of hydrogen-bond donors (Lipinski definition) is 1. The van der Waals surface area contributed by atoms with Crippen molar-refractivity contribution in [1.29, 1.82) is 0 Å². The lowest BCUT2D eigenvalue weighted by atomic mass is 9.89. The predicted molar refractivity (Wildman–Crippen MR) is 97.2 cm³/mol. The van der Waals surface area contributed by atoms with Crippen molar-refractivity contribution < 1.29 is 19.1 Å². The van der Waals surface area contributed by atoms with E-state index in [1.807, 2.05) is 0 Å². The van der Waals surface area contributed by atoms with E-state index in [1.165, 1.54) is 13.3 Å². The Morgan fingerprint density at radius 1 is 1.16 bits per heavy atom. The summed E-state index contributed by atoms with van der Waals surface area (Å²) in [5.41, 5.74) is 0.640. The largest absolute Gasteiger partial charge is 0.497 e. The van der Waals surface area contributed by atoms with E-state index >= 15 is 0 Å². The van der Waals surface area contributed by atoms with Crippen molar-refractivity contribution >= 4 is 17.5 Å². The lowest BCUT2D eigenvalue weighted by Crippen LogP contribution is -2.40. The molecule has 2 amide bonds. The molecule has 0 bridgehead atoms. The van der Waals surface area contributed by atoms with Gasteiger partial charge in [0.2, 0.25) is 11.8 Å². The van der Waals surface area contributed by atoms with Gasteiger partial charge in [0.1, 0.15) is 11.5 Å². The van der Waals surface area contributed by atoms with Crippen LogP contribution in [0.5, 0.6) is 11.5 Å². The van der Waals surface area contributed by atoms with Crippen LogP contribution in [0.1, 0.15) is 39.0 Å². The summed E-state index contributed by atoms with van der Waals surface area (Å²) in [6.45, 7) is 2.30. The second-order valence-electron chi connectivity index (χ2n) is 6.33. The van der Waals surface area contributed by atoms with Gasteiger partial charge in [-0.25, -0.2) is 0 Å². The van der Waals surface area contributed by atoms with Gasteiger partial charge in [0, 0.05) is 32.0 Å². The molecule has 6 nitrogen and oxygen atoms in total. The Hall–Kier alpha value is -2.24. The van der Waals surface area contributed by atoms with Crippen molar-refractivity contribution in [3.63, 3.8) is 0 Å². The maximum atomic E-state index is 12.3. The average molecular weight is 348 g/mol. The molecule has 6 heteroatoms. The summed E-state index contributed by atoms with van der Waals surface area (Å²) in [5, 5.41) is 2.97. The fourth-order valence-electron chi connectivity index (χ4n) is 3.26. The van der Waals surface area contributed by atoms with Gasteiger partial charge in [0.25, 0.3) is 0 Å². The van der Waals surface area contributed by atoms with E-state index in [0.717, 1.165) is 25.7 Å². The van der Waals surface area contributed by atoms with Crippen molar-refractivity contribution in [2.45, 2.75) is 39.0 Å². The first kappa shape index (κ1) is 19.1. The number of hydrogen-bond acceptors (Lipinski definition) is 4. The Morgan fingerprint density at radius 3 is 2.48 bits per heavy atom. The highest BCUT2D eigenvalue weighted by Gasteiger charge is 2.22. The van der Waals surface area contributed by atoms with E-state index < -0.39 is 0 Å². The molecular weight excluding hydrogens is 320 g/mol. The summed E-state index contributed by atoms with van der Waals surface area (Å²) >= 11 is 0. The number of ether oxygens (including phenoxy) is 2. The lowest BCUT2D eigenvalue weighted by molar-refractivity contribution is -0.126. The maximum absolute atomic E-state index is 12.3. The molecule has 1 saturated carbocycles. The van der Waals surface area contributed by atoms with Crippen LogP contribution < -0.4 is 19.7 Å². The van der Waals surface area contributed by atoms with Gasteiger partial charge in [-0.3, -0.25) is 9.59 Å². The van der Waals surface area contributed by atoms with Crippen molar-refractivity contribution in [2.24, 2.45) is 5.92 Å². The number of benzene rings is 1. The molecule has 138 valence electrons. The van der Waals surface area contributed by atoms with E-state index in [0.29, 0.717) is 30.3 Å². The third kappa shape index (κ3) is 5.11. The SMILES string of the molecule is COc1ccc(OC)c(N(CCNC(=O)C2CCCCC2)C(C)=O)c1. The third-order valence-electron chi connectivity index (χ3n) is 4.67. The number of nitrogens with zero attached hydrogens (tertiary/aromatic N) is 1. The summed E-state index contributed by atoms with van der Waals surface area (Å²) in [6.07, 6.45) is 5.40. The van der Waals surface area contributed by atoms with Gasteiger partial charge in [-0.1, -0.05) is 19.3 Å². The molecule has 1 fully saturated rings. The molecule has 25 heavy (non-hydrogen) atoms. The van der Waals surface area contributed by atoms with Crippen molar-refractivity contribution in [2.75, 3.05) is 32.2 Å². The van der Waals surface area contributed by atoms with Gasteiger partial charge in [-0.2, -0.15) is 0 Å². The van der Waals surface area contributed by atoms with Crippen molar-refractivity contribution in [3.8, 4) is 11.5 Å². The van der Waals surface area contributed by atoms with Crippen LogP contribution in [0.3, 0.4) is 0 Å². The molecule has 1 N–H and O–H groups in total. The zero-order valence-electron chi connectivity index (χ0n) is 15.3. The topological polar surface area (TPSA) is 67.9 Å². The molecule has 0 radical (unpaired) electrons. The summed E-state index contributed by atoms with van der Waals surface area (Å²) < 4.78 is 10.6. The fraction of sp³-hybridized carbons (Fsp3) is 0.579. The molecule has 1 aromatic carbocycles. The van der Waals surface area contributed by atoms with Crippen LogP contribution in [0, 0.1) is 5.92 Å². The van der Waals surface area contributed by atoms with Gasteiger partial charge >= 0.3 is 0 Å². The monoisotopic (exact) mass is 348 g/mol. The first-order valence-electron chi connectivity index (χ1n) is 8.84. The van der Waals surface area contributed by atoms with Gasteiger partial charge in [0.05, 0.1) is 19.9 Å². The van der Waals surface area contributed by atoms with Crippen LogP contribution in [-0.4, -0.2) is 39.1 Å². The van der Waals surface area contributed by atoms with Gasteiger partial charge < -0.3 is 19.7 Å². The molecule has 2 rings (SSSR count). The minimum absolute atomic E-state index is 0.0980.